The Balaban J connectivity index is 2.57. The second-order valence-electron chi connectivity index (χ2n) is 3.27. The zero-order valence-electron chi connectivity index (χ0n) is 8.15. The van der Waals surface area contributed by atoms with Crippen LogP contribution in [0, 0.1) is 0 Å². The summed E-state index contributed by atoms with van der Waals surface area (Å²) in [6.07, 6.45) is 1.45. The predicted octanol–water partition coefficient (Wildman–Crippen LogP) is 0.936. The molecular formula is C11H16N2O. The highest BCUT2D eigenvalue weighted by Gasteiger charge is 2.13. The molecule has 1 unspecified atom stereocenters. The van der Waals surface area contributed by atoms with Crippen LogP contribution in [0.25, 0.3) is 0 Å². The van der Waals surface area contributed by atoms with Crippen molar-refractivity contribution >= 4 is 5.78 Å². The van der Waals surface area contributed by atoms with Gasteiger partial charge in [-0.25, -0.2) is 0 Å². The number of hydrogen-bond donors (Lipinski definition) is 2. The van der Waals surface area contributed by atoms with Crippen molar-refractivity contribution in [3.8, 4) is 0 Å². The molecule has 0 radical (unpaired) electrons. The standard InChI is InChI=1S/C11H16N2O/c12-8-4-7-10(13)11(14)9-5-2-1-3-6-9/h1-3,5-6,10H,4,7-8,12-13H2. The van der Waals surface area contributed by atoms with Gasteiger partial charge in [-0.15, -0.1) is 0 Å². The molecular weight excluding hydrogens is 176 g/mol. The van der Waals surface area contributed by atoms with Crippen molar-refractivity contribution in [2.45, 2.75) is 18.9 Å². The molecule has 0 spiro atoms. The SMILES string of the molecule is NCCCC(N)C(=O)c1ccccc1. The zero-order valence-corrected chi connectivity index (χ0v) is 8.15. The molecule has 0 bridgehead atoms. The molecule has 1 aromatic carbocycles. The Kier molecular flexibility index (Phi) is 4.29. The van der Waals surface area contributed by atoms with Gasteiger partial charge in [-0.1, -0.05) is 30.3 Å². The van der Waals surface area contributed by atoms with Crippen LogP contribution < -0.4 is 11.5 Å². The number of rotatable bonds is 5. The second kappa shape index (κ2) is 5.52. The Hall–Kier alpha value is -1.19. The van der Waals surface area contributed by atoms with Crippen LogP contribution >= 0.6 is 0 Å². The van der Waals surface area contributed by atoms with Crippen molar-refractivity contribution in [3.63, 3.8) is 0 Å². The highest BCUT2D eigenvalue weighted by Crippen LogP contribution is 2.05. The van der Waals surface area contributed by atoms with Gasteiger partial charge in [-0.2, -0.15) is 0 Å². The van der Waals surface area contributed by atoms with Crippen molar-refractivity contribution in [2.75, 3.05) is 6.54 Å². The smallest absolute Gasteiger partial charge is 0.179 e. The molecule has 0 heterocycles. The summed E-state index contributed by atoms with van der Waals surface area (Å²) in [6, 6.07) is 8.70. The zero-order chi connectivity index (χ0) is 10.4. The molecule has 3 nitrogen and oxygen atoms in total. The third kappa shape index (κ3) is 2.94. The topological polar surface area (TPSA) is 69.1 Å². The Morgan fingerprint density at radius 3 is 2.50 bits per heavy atom. The first-order valence-electron chi connectivity index (χ1n) is 4.80. The van der Waals surface area contributed by atoms with Crippen molar-refractivity contribution in [2.24, 2.45) is 11.5 Å². The maximum atomic E-state index is 11.7. The maximum Gasteiger partial charge on any atom is 0.179 e. The molecule has 0 fully saturated rings. The van der Waals surface area contributed by atoms with Gasteiger partial charge in [0.2, 0.25) is 0 Å². The fourth-order valence-electron chi connectivity index (χ4n) is 1.29. The largest absolute Gasteiger partial charge is 0.330 e. The normalized spacial score (nSPS) is 12.4. The number of hydrogen-bond acceptors (Lipinski definition) is 3. The van der Waals surface area contributed by atoms with E-state index in [1.54, 1.807) is 12.1 Å². The molecule has 3 heteroatoms. The molecule has 1 aromatic rings. The van der Waals surface area contributed by atoms with E-state index in [1.807, 2.05) is 18.2 Å². The van der Waals surface area contributed by atoms with Crippen LogP contribution in [-0.2, 0) is 0 Å². The summed E-state index contributed by atoms with van der Waals surface area (Å²) in [4.78, 5) is 11.7. The number of carbonyl (C=O) groups excluding carboxylic acids is 1. The van der Waals surface area contributed by atoms with Gasteiger partial charge in [-0.05, 0) is 19.4 Å². The summed E-state index contributed by atoms with van der Waals surface area (Å²) < 4.78 is 0. The van der Waals surface area contributed by atoms with Crippen LogP contribution in [0.15, 0.2) is 30.3 Å². The lowest BCUT2D eigenvalue weighted by Gasteiger charge is -2.09. The molecule has 0 saturated carbocycles. The summed E-state index contributed by atoms with van der Waals surface area (Å²) >= 11 is 0. The molecule has 14 heavy (non-hydrogen) atoms. The molecule has 0 aliphatic carbocycles. The molecule has 1 rings (SSSR count). The summed E-state index contributed by atoms with van der Waals surface area (Å²) in [5.74, 6) is -0.000880. The van der Waals surface area contributed by atoms with Gasteiger partial charge in [0.15, 0.2) is 5.78 Å². The first-order chi connectivity index (χ1) is 6.75. The van der Waals surface area contributed by atoms with Crippen molar-refractivity contribution in [3.05, 3.63) is 35.9 Å². The minimum atomic E-state index is -0.416. The number of carbonyl (C=O) groups is 1. The summed E-state index contributed by atoms with van der Waals surface area (Å²) in [5.41, 5.74) is 11.8. The monoisotopic (exact) mass is 192 g/mol. The molecule has 0 aliphatic heterocycles. The van der Waals surface area contributed by atoms with Gasteiger partial charge in [0, 0.05) is 5.56 Å². The molecule has 0 aromatic heterocycles. The van der Waals surface area contributed by atoms with E-state index in [4.69, 9.17) is 11.5 Å². The van der Waals surface area contributed by atoms with Gasteiger partial charge < -0.3 is 11.5 Å². The third-order valence-electron chi connectivity index (χ3n) is 2.11. The van der Waals surface area contributed by atoms with Crippen LogP contribution in [0.1, 0.15) is 23.2 Å². The van der Waals surface area contributed by atoms with Crippen LogP contribution in [0.5, 0.6) is 0 Å². The fourth-order valence-corrected chi connectivity index (χ4v) is 1.29. The first-order valence-corrected chi connectivity index (χ1v) is 4.80. The quantitative estimate of drug-likeness (QED) is 0.682. The van der Waals surface area contributed by atoms with E-state index in [-0.39, 0.29) is 5.78 Å². The minimum absolute atomic E-state index is 0.000880. The maximum absolute atomic E-state index is 11.7. The molecule has 0 amide bonds. The van der Waals surface area contributed by atoms with Gasteiger partial charge in [0.1, 0.15) is 0 Å². The molecule has 4 N–H and O–H groups in total. The number of ketones is 1. The minimum Gasteiger partial charge on any atom is -0.330 e. The lowest BCUT2D eigenvalue weighted by atomic mass is 10.0. The predicted molar refractivity (Wildman–Crippen MR) is 57.0 cm³/mol. The lowest BCUT2D eigenvalue weighted by molar-refractivity contribution is 0.0956. The van der Waals surface area contributed by atoms with Gasteiger partial charge in [-0.3, -0.25) is 4.79 Å². The van der Waals surface area contributed by atoms with E-state index < -0.39 is 6.04 Å². The third-order valence-corrected chi connectivity index (χ3v) is 2.11. The van der Waals surface area contributed by atoms with Crippen molar-refractivity contribution < 1.29 is 4.79 Å². The van der Waals surface area contributed by atoms with E-state index in [0.717, 1.165) is 6.42 Å². The Morgan fingerprint density at radius 1 is 1.29 bits per heavy atom. The van der Waals surface area contributed by atoms with E-state index in [0.29, 0.717) is 18.5 Å². The average Bonchev–Trinajstić information content (AvgIpc) is 2.26. The summed E-state index contributed by atoms with van der Waals surface area (Å²) in [5, 5.41) is 0. The Bertz CT molecular complexity index is 285. The van der Waals surface area contributed by atoms with Gasteiger partial charge >= 0.3 is 0 Å². The van der Waals surface area contributed by atoms with E-state index >= 15 is 0 Å². The number of nitrogens with two attached hydrogens (primary N) is 2. The van der Waals surface area contributed by atoms with Crippen molar-refractivity contribution in [1.29, 1.82) is 0 Å². The second-order valence-corrected chi connectivity index (χ2v) is 3.27. The van der Waals surface area contributed by atoms with Crippen molar-refractivity contribution in [1.82, 2.24) is 0 Å². The van der Waals surface area contributed by atoms with Crippen LogP contribution in [0.2, 0.25) is 0 Å². The molecule has 0 saturated heterocycles. The number of Topliss-reactive ketones (excluding diaryl/α,β-unsaturated/α-hetero) is 1. The Morgan fingerprint density at radius 2 is 1.93 bits per heavy atom. The molecule has 0 aliphatic rings. The summed E-state index contributed by atoms with van der Waals surface area (Å²) in [6.45, 7) is 0.579. The van der Waals surface area contributed by atoms with Gasteiger partial charge in [0.25, 0.3) is 0 Å². The van der Waals surface area contributed by atoms with Gasteiger partial charge in [0.05, 0.1) is 6.04 Å². The Labute approximate surface area is 84.1 Å². The van der Waals surface area contributed by atoms with Crippen LogP contribution in [0.3, 0.4) is 0 Å². The average molecular weight is 192 g/mol. The van der Waals surface area contributed by atoms with E-state index in [2.05, 4.69) is 0 Å². The highest BCUT2D eigenvalue weighted by molar-refractivity contribution is 5.99. The van der Waals surface area contributed by atoms with E-state index in [9.17, 15) is 4.79 Å². The summed E-state index contributed by atoms with van der Waals surface area (Å²) in [7, 11) is 0. The first kappa shape index (κ1) is 10.9. The fraction of sp³-hybridized carbons (Fsp3) is 0.364. The number of benzene rings is 1. The van der Waals surface area contributed by atoms with Crippen LogP contribution in [0.4, 0.5) is 0 Å². The van der Waals surface area contributed by atoms with Crippen LogP contribution in [-0.4, -0.2) is 18.4 Å². The van der Waals surface area contributed by atoms with E-state index in [1.165, 1.54) is 0 Å². The highest BCUT2D eigenvalue weighted by atomic mass is 16.1. The molecule has 76 valence electrons. The molecule has 1 atom stereocenters. The lowest BCUT2D eigenvalue weighted by Crippen LogP contribution is -2.31.